The Labute approximate surface area is 133 Å². The van der Waals surface area contributed by atoms with Gasteiger partial charge in [0.25, 0.3) is 0 Å². The molecular formula is C17H16N2O4. The summed E-state index contributed by atoms with van der Waals surface area (Å²) in [5, 5.41) is 14.0. The summed E-state index contributed by atoms with van der Waals surface area (Å²) in [5.41, 5.74) is 1.55. The summed E-state index contributed by atoms with van der Waals surface area (Å²) in [6, 6.07) is 12.9. The number of rotatable bonds is 5. The zero-order chi connectivity index (χ0) is 16.7. The number of hydrogen-bond donors (Lipinski definition) is 3. The molecule has 0 aliphatic carbocycles. The van der Waals surface area contributed by atoms with Gasteiger partial charge < -0.3 is 20.5 Å². The van der Waals surface area contributed by atoms with Gasteiger partial charge in [-0.05, 0) is 48.0 Å². The monoisotopic (exact) mass is 312 g/mol. The van der Waals surface area contributed by atoms with Gasteiger partial charge in [0.15, 0.2) is 0 Å². The third kappa shape index (κ3) is 4.89. The van der Waals surface area contributed by atoms with Crippen molar-refractivity contribution in [3.05, 3.63) is 65.9 Å². The molecule has 0 aliphatic rings. The first kappa shape index (κ1) is 16.1. The van der Waals surface area contributed by atoms with Crippen molar-refractivity contribution < 1.29 is 19.4 Å². The third-order valence-electron chi connectivity index (χ3n) is 2.97. The SMILES string of the molecule is COc1cccc(/C=C/NC(=O)Nc2ccc(C(=O)O)cc2)c1. The van der Waals surface area contributed by atoms with E-state index in [0.717, 1.165) is 11.3 Å². The van der Waals surface area contributed by atoms with Gasteiger partial charge in [-0.3, -0.25) is 0 Å². The first-order valence-electron chi connectivity index (χ1n) is 6.80. The maximum absolute atomic E-state index is 11.7. The Morgan fingerprint density at radius 2 is 1.87 bits per heavy atom. The molecule has 0 atom stereocenters. The van der Waals surface area contributed by atoms with Crippen molar-refractivity contribution in [2.45, 2.75) is 0 Å². The molecule has 0 spiro atoms. The summed E-state index contributed by atoms with van der Waals surface area (Å²) in [4.78, 5) is 22.5. The van der Waals surface area contributed by atoms with Gasteiger partial charge in [-0.2, -0.15) is 0 Å². The molecule has 2 aromatic rings. The zero-order valence-electron chi connectivity index (χ0n) is 12.4. The van der Waals surface area contributed by atoms with E-state index in [9.17, 15) is 9.59 Å². The van der Waals surface area contributed by atoms with Crippen LogP contribution in [0.25, 0.3) is 6.08 Å². The maximum atomic E-state index is 11.7. The van der Waals surface area contributed by atoms with Gasteiger partial charge >= 0.3 is 12.0 Å². The molecule has 23 heavy (non-hydrogen) atoms. The summed E-state index contributed by atoms with van der Waals surface area (Å²) in [5.74, 6) is -0.280. The molecular weight excluding hydrogens is 296 g/mol. The fourth-order valence-corrected chi connectivity index (χ4v) is 1.82. The molecule has 3 N–H and O–H groups in total. The summed E-state index contributed by atoms with van der Waals surface area (Å²) in [6.07, 6.45) is 3.24. The lowest BCUT2D eigenvalue weighted by molar-refractivity contribution is 0.0697. The molecule has 6 heteroatoms. The number of carbonyl (C=O) groups excluding carboxylic acids is 1. The number of amides is 2. The van der Waals surface area contributed by atoms with E-state index in [-0.39, 0.29) is 5.56 Å². The Bertz CT molecular complexity index is 724. The molecule has 6 nitrogen and oxygen atoms in total. The molecule has 0 bridgehead atoms. The highest BCUT2D eigenvalue weighted by molar-refractivity contribution is 5.92. The van der Waals surface area contributed by atoms with Gasteiger partial charge in [-0.15, -0.1) is 0 Å². The lowest BCUT2D eigenvalue weighted by Gasteiger charge is -2.05. The smallest absolute Gasteiger partial charge is 0.335 e. The van der Waals surface area contributed by atoms with Crippen molar-refractivity contribution >= 4 is 23.8 Å². The minimum absolute atomic E-state index is 0.161. The molecule has 2 aromatic carbocycles. The highest BCUT2D eigenvalue weighted by Crippen LogP contribution is 2.13. The Kier molecular flexibility index (Phi) is 5.35. The summed E-state index contributed by atoms with van der Waals surface area (Å²) < 4.78 is 5.11. The lowest BCUT2D eigenvalue weighted by Crippen LogP contribution is -2.23. The first-order valence-corrected chi connectivity index (χ1v) is 6.80. The van der Waals surface area contributed by atoms with E-state index >= 15 is 0 Å². The van der Waals surface area contributed by atoms with E-state index in [1.165, 1.54) is 30.5 Å². The van der Waals surface area contributed by atoms with E-state index in [0.29, 0.717) is 5.69 Å². The first-order chi connectivity index (χ1) is 11.1. The van der Waals surface area contributed by atoms with Crippen LogP contribution in [-0.4, -0.2) is 24.2 Å². The number of urea groups is 1. The highest BCUT2D eigenvalue weighted by Gasteiger charge is 2.03. The largest absolute Gasteiger partial charge is 0.497 e. The van der Waals surface area contributed by atoms with E-state index in [1.807, 2.05) is 24.3 Å². The average Bonchev–Trinajstić information content (AvgIpc) is 2.55. The van der Waals surface area contributed by atoms with Crippen LogP contribution in [0.15, 0.2) is 54.7 Å². The van der Waals surface area contributed by atoms with Crippen molar-refractivity contribution in [3.8, 4) is 5.75 Å². The minimum atomic E-state index is -1.01. The highest BCUT2D eigenvalue weighted by atomic mass is 16.5. The number of carboxylic acid groups (broad SMARTS) is 1. The molecule has 118 valence electrons. The van der Waals surface area contributed by atoms with E-state index < -0.39 is 12.0 Å². The van der Waals surface area contributed by atoms with Gasteiger partial charge in [0.05, 0.1) is 12.7 Å². The summed E-state index contributed by atoms with van der Waals surface area (Å²) >= 11 is 0. The second kappa shape index (κ2) is 7.65. The number of carbonyl (C=O) groups is 2. The van der Waals surface area contributed by atoms with Crippen LogP contribution in [0.5, 0.6) is 5.75 Å². The topological polar surface area (TPSA) is 87.7 Å². The quantitative estimate of drug-likeness (QED) is 0.791. The van der Waals surface area contributed by atoms with Crippen molar-refractivity contribution in [2.24, 2.45) is 0 Å². The van der Waals surface area contributed by atoms with Gasteiger partial charge in [0.2, 0.25) is 0 Å². The van der Waals surface area contributed by atoms with Crippen LogP contribution in [0, 0.1) is 0 Å². The minimum Gasteiger partial charge on any atom is -0.497 e. The molecule has 0 saturated carbocycles. The molecule has 0 heterocycles. The van der Waals surface area contributed by atoms with Crippen LogP contribution in [0.4, 0.5) is 10.5 Å². The number of ether oxygens (including phenoxy) is 1. The second-order valence-corrected chi connectivity index (χ2v) is 4.59. The maximum Gasteiger partial charge on any atom is 0.335 e. The van der Waals surface area contributed by atoms with Crippen LogP contribution in [0.2, 0.25) is 0 Å². The van der Waals surface area contributed by atoms with Gasteiger partial charge in [0, 0.05) is 11.9 Å². The molecule has 0 radical (unpaired) electrons. The molecule has 0 aliphatic heterocycles. The number of hydrogen-bond acceptors (Lipinski definition) is 3. The number of anilines is 1. The van der Waals surface area contributed by atoms with Crippen molar-refractivity contribution in [1.82, 2.24) is 5.32 Å². The molecule has 2 amide bonds. The van der Waals surface area contributed by atoms with Crippen LogP contribution in [-0.2, 0) is 0 Å². The molecule has 0 aromatic heterocycles. The van der Waals surface area contributed by atoms with Gasteiger partial charge in [0.1, 0.15) is 5.75 Å². The van der Waals surface area contributed by atoms with E-state index in [4.69, 9.17) is 9.84 Å². The van der Waals surface area contributed by atoms with Crippen LogP contribution in [0.1, 0.15) is 15.9 Å². The van der Waals surface area contributed by atoms with Crippen molar-refractivity contribution in [2.75, 3.05) is 12.4 Å². The molecule has 2 rings (SSSR count). The number of carboxylic acids is 1. The Balaban J connectivity index is 1.89. The number of aromatic carboxylic acids is 1. The summed E-state index contributed by atoms with van der Waals surface area (Å²) in [6.45, 7) is 0. The Morgan fingerprint density at radius 1 is 1.13 bits per heavy atom. The second-order valence-electron chi connectivity index (χ2n) is 4.59. The van der Waals surface area contributed by atoms with Crippen molar-refractivity contribution in [3.63, 3.8) is 0 Å². The molecule has 0 unspecified atom stereocenters. The normalized spacial score (nSPS) is 10.3. The average molecular weight is 312 g/mol. The molecule has 0 fully saturated rings. The van der Waals surface area contributed by atoms with Crippen molar-refractivity contribution in [1.29, 1.82) is 0 Å². The third-order valence-corrected chi connectivity index (χ3v) is 2.97. The van der Waals surface area contributed by atoms with E-state index in [2.05, 4.69) is 10.6 Å². The molecule has 0 saturated heterocycles. The van der Waals surface area contributed by atoms with Crippen LogP contribution in [0.3, 0.4) is 0 Å². The fraction of sp³-hybridized carbons (Fsp3) is 0.0588. The number of benzene rings is 2. The van der Waals surface area contributed by atoms with E-state index in [1.54, 1.807) is 13.2 Å². The Morgan fingerprint density at radius 3 is 2.52 bits per heavy atom. The van der Waals surface area contributed by atoms with Crippen LogP contribution >= 0.6 is 0 Å². The number of methoxy groups -OCH3 is 1. The predicted octanol–water partition coefficient (Wildman–Crippen LogP) is 3.19. The predicted molar refractivity (Wildman–Crippen MR) is 87.6 cm³/mol. The van der Waals surface area contributed by atoms with Gasteiger partial charge in [-0.1, -0.05) is 12.1 Å². The Hall–Kier alpha value is -3.28. The van der Waals surface area contributed by atoms with Crippen LogP contribution < -0.4 is 15.4 Å². The zero-order valence-corrected chi connectivity index (χ0v) is 12.4. The number of nitrogens with one attached hydrogen (secondary N) is 2. The fourth-order valence-electron chi connectivity index (χ4n) is 1.82. The standard InChI is InChI=1S/C17H16N2O4/c1-23-15-4-2-3-12(11-15)9-10-18-17(22)19-14-7-5-13(6-8-14)16(20)21/h2-11H,1H3,(H,20,21)(H2,18,19,22)/b10-9+. The lowest BCUT2D eigenvalue weighted by atomic mass is 10.2. The van der Waals surface area contributed by atoms with Gasteiger partial charge in [-0.25, -0.2) is 9.59 Å². The summed E-state index contributed by atoms with van der Waals surface area (Å²) in [7, 11) is 1.59.